The molecule has 2 unspecified atom stereocenters. The summed E-state index contributed by atoms with van der Waals surface area (Å²) in [4.78, 5) is 0. The van der Waals surface area contributed by atoms with Gasteiger partial charge < -0.3 is 11.1 Å². The Morgan fingerprint density at radius 2 is 2.25 bits per heavy atom. The smallest absolute Gasteiger partial charge is 0.0763 e. The molecular weight excluding hydrogens is 220 g/mol. The Hall–Kier alpha value is -0.890. The lowest BCUT2D eigenvalue weighted by Gasteiger charge is -2.18. The van der Waals surface area contributed by atoms with Gasteiger partial charge in [0, 0.05) is 6.54 Å². The number of nitrogens with two attached hydrogens (primary N) is 1. The number of hydrogen-bond donors (Lipinski definition) is 2. The highest BCUT2D eigenvalue weighted by Gasteiger charge is 2.23. The number of nitrogens with one attached hydrogen (secondary N) is 1. The normalized spacial score (nSPS) is 24.6. The van der Waals surface area contributed by atoms with Gasteiger partial charge in [-0.1, -0.05) is 37.4 Å². The molecule has 0 aliphatic heterocycles. The lowest BCUT2D eigenvalue weighted by molar-refractivity contribution is 0.440. The third-order valence-corrected chi connectivity index (χ3v) is 3.94. The molecule has 0 aromatic heterocycles. The first-order chi connectivity index (χ1) is 7.68. The molecule has 3 heteroatoms. The molecule has 2 atom stereocenters. The van der Waals surface area contributed by atoms with Crippen molar-refractivity contribution in [2.75, 3.05) is 17.6 Å². The maximum absolute atomic E-state index is 6.11. The summed E-state index contributed by atoms with van der Waals surface area (Å²) in [5.41, 5.74) is 7.52. The molecule has 3 N–H and O–H groups in total. The zero-order valence-corrected chi connectivity index (χ0v) is 10.4. The van der Waals surface area contributed by atoms with Gasteiger partial charge in [0.2, 0.25) is 0 Å². The molecule has 2 nitrogen and oxygen atoms in total. The zero-order chi connectivity index (χ0) is 11.5. The van der Waals surface area contributed by atoms with Gasteiger partial charge in [-0.05, 0) is 30.4 Å². The van der Waals surface area contributed by atoms with E-state index in [0.29, 0.717) is 5.02 Å². The van der Waals surface area contributed by atoms with Crippen LogP contribution < -0.4 is 11.1 Å². The number of anilines is 2. The minimum atomic E-state index is 0.714. The topological polar surface area (TPSA) is 38.0 Å². The van der Waals surface area contributed by atoms with Crippen LogP contribution in [0, 0.1) is 11.8 Å². The van der Waals surface area contributed by atoms with Crippen LogP contribution in [-0.4, -0.2) is 6.54 Å². The number of nitrogen functional groups attached to an aromatic ring is 1. The van der Waals surface area contributed by atoms with Crippen LogP contribution in [0.15, 0.2) is 18.2 Å². The van der Waals surface area contributed by atoms with Gasteiger partial charge in [-0.2, -0.15) is 0 Å². The summed E-state index contributed by atoms with van der Waals surface area (Å²) >= 11 is 6.11. The number of para-hydroxylation sites is 1. The molecule has 1 aromatic carbocycles. The Morgan fingerprint density at radius 1 is 1.44 bits per heavy atom. The summed E-state index contributed by atoms with van der Waals surface area (Å²) in [6.45, 7) is 3.31. The summed E-state index contributed by atoms with van der Waals surface area (Å²) in [6, 6.07) is 5.63. The Balaban J connectivity index is 1.99. The van der Waals surface area contributed by atoms with Crippen molar-refractivity contribution < 1.29 is 0 Å². The zero-order valence-electron chi connectivity index (χ0n) is 9.67. The molecule has 0 saturated heterocycles. The second kappa shape index (κ2) is 4.96. The van der Waals surface area contributed by atoms with Crippen LogP contribution >= 0.6 is 11.6 Å². The average Bonchev–Trinajstić information content (AvgIpc) is 2.64. The van der Waals surface area contributed by atoms with Crippen molar-refractivity contribution in [2.24, 2.45) is 11.8 Å². The molecule has 1 fully saturated rings. The fourth-order valence-electron chi connectivity index (χ4n) is 2.49. The minimum Gasteiger partial charge on any atom is -0.397 e. The number of hydrogen-bond acceptors (Lipinski definition) is 2. The van der Waals surface area contributed by atoms with Crippen LogP contribution in [0.3, 0.4) is 0 Å². The molecule has 88 valence electrons. The van der Waals surface area contributed by atoms with E-state index in [1.54, 1.807) is 0 Å². The summed E-state index contributed by atoms with van der Waals surface area (Å²) in [5.74, 6) is 1.58. The van der Waals surface area contributed by atoms with Gasteiger partial charge in [-0.3, -0.25) is 0 Å². The minimum absolute atomic E-state index is 0.714. The van der Waals surface area contributed by atoms with Gasteiger partial charge in [-0.25, -0.2) is 0 Å². The summed E-state index contributed by atoms with van der Waals surface area (Å²) in [5, 5.41) is 4.11. The molecule has 0 spiro atoms. The largest absolute Gasteiger partial charge is 0.397 e. The first-order valence-electron chi connectivity index (χ1n) is 5.96. The molecule has 16 heavy (non-hydrogen) atoms. The van der Waals surface area contributed by atoms with Crippen LogP contribution in [0.1, 0.15) is 26.2 Å². The van der Waals surface area contributed by atoms with E-state index in [-0.39, 0.29) is 0 Å². The summed E-state index contributed by atoms with van der Waals surface area (Å²) < 4.78 is 0. The third-order valence-electron chi connectivity index (χ3n) is 3.63. The lowest BCUT2D eigenvalue weighted by atomic mass is 9.98. The molecule has 2 rings (SSSR count). The lowest BCUT2D eigenvalue weighted by Crippen LogP contribution is -2.17. The van der Waals surface area contributed by atoms with E-state index in [0.717, 1.165) is 29.8 Å². The van der Waals surface area contributed by atoms with Crippen LogP contribution in [0.25, 0.3) is 0 Å². The fraction of sp³-hybridized carbons (Fsp3) is 0.538. The van der Waals surface area contributed by atoms with Gasteiger partial charge >= 0.3 is 0 Å². The monoisotopic (exact) mass is 238 g/mol. The average molecular weight is 239 g/mol. The second-order valence-electron chi connectivity index (χ2n) is 4.75. The molecule has 0 heterocycles. The number of rotatable bonds is 3. The SMILES string of the molecule is CC1CCCC1CNc1c(N)cccc1Cl. The van der Waals surface area contributed by atoms with E-state index in [1.165, 1.54) is 19.3 Å². The molecule has 0 amide bonds. The molecular formula is C13H19ClN2. The first kappa shape index (κ1) is 11.6. The highest BCUT2D eigenvalue weighted by atomic mass is 35.5. The van der Waals surface area contributed by atoms with Crippen LogP contribution in [-0.2, 0) is 0 Å². The molecule has 1 aromatic rings. The van der Waals surface area contributed by atoms with Crippen molar-refractivity contribution in [3.8, 4) is 0 Å². The van der Waals surface area contributed by atoms with Gasteiger partial charge in [0.1, 0.15) is 0 Å². The van der Waals surface area contributed by atoms with Gasteiger partial charge in [0.05, 0.1) is 16.4 Å². The van der Waals surface area contributed by atoms with E-state index in [9.17, 15) is 0 Å². The van der Waals surface area contributed by atoms with Crippen LogP contribution in [0.2, 0.25) is 5.02 Å². The van der Waals surface area contributed by atoms with E-state index in [4.69, 9.17) is 17.3 Å². The van der Waals surface area contributed by atoms with Crippen molar-refractivity contribution in [1.82, 2.24) is 0 Å². The maximum atomic E-state index is 6.11. The summed E-state index contributed by atoms with van der Waals surface area (Å²) in [7, 11) is 0. The molecule has 1 saturated carbocycles. The molecule has 1 aliphatic rings. The Bertz CT molecular complexity index is 345. The summed E-state index contributed by atoms with van der Waals surface area (Å²) in [6.07, 6.45) is 4.02. The van der Waals surface area contributed by atoms with E-state index in [1.807, 2.05) is 18.2 Å². The van der Waals surface area contributed by atoms with Gasteiger partial charge in [0.25, 0.3) is 0 Å². The Labute approximate surface area is 102 Å². The van der Waals surface area contributed by atoms with Crippen molar-refractivity contribution >= 4 is 23.0 Å². The van der Waals surface area contributed by atoms with E-state index >= 15 is 0 Å². The van der Waals surface area contributed by atoms with Crippen molar-refractivity contribution in [3.63, 3.8) is 0 Å². The number of halogens is 1. The van der Waals surface area contributed by atoms with Crippen molar-refractivity contribution in [3.05, 3.63) is 23.2 Å². The molecule has 0 radical (unpaired) electrons. The van der Waals surface area contributed by atoms with Crippen molar-refractivity contribution in [2.45, 2.75) is 26.2 Å². The molecule has 0 bridgehead atoms. The predicted octanol–water partition coefficient (Wildman–Crippen LogP) is 3.77. The van der Waals surface area contributed by atoms with Crippen molar-refractivity contribution in [1.29, 1.82) is 0 Å². The van der Waals surface area contributed by atoms with Crippen LogP contribution in [0.4, 0.5) is 11.4 Å². The maximum Gasteiger partial charge on any atom is 0.0763 e. The van der Waals surface area contributed by atoms with Crippen LogP contribution in [0.5, 0.6) is 0 Å². The molecule has 1 aliphatic carbocycles. The second-order valence-corrected chi connectivity index (χ2v) is 5.16. The predicted molar refractivity (Wildman–Crippen MR) is 70.9 cm³/mol. The van der Waals surface area contributed by atoms with Gasteiger partial charge in [-0.15, -0.1) is 0 Å². The standard InChI is InChI=1S/C13H19ClN2/c1-9-4-2-5-10(9)8-16-13-11(14)6-3-7-12(13)15/h3,6-7,9-10,16H,2,4-5,8,15H2,1H3. The Morgan fingerprint density at radius 3 is 2.88 bits per heavy atom. The fourth-order valence-corrected chi connectivity index (χ4v) is 2.73. The third kappa shape index (κ3) is 2.43. The highest BCUT2D eigenvalue weighted by Crippen LogP contribution is 2.33. The highest BCUT2D eigenvalue weighted by molar-refractivity contribution is 6.33. The van der Waals surface area contributed by atoms with Gasteiger partial charge in [0.15, 0.2) is 0 Å². The Kier molecular flexibility index (Phi) is 3.59. The number of benzene rings is 1. The quantitative estimate of drug-likeness (QED) is 0.787. The van der Waals surface area contributed by atoms with E-state index < -0.39 is 0 Å². The van der Waals surface area contributed by atoms with E-state index in [2.05, 4.69) is 12.2 Å². The first-order valence-corrected chi connectivity index (χ1v) is 6.34.